The molecule has 0 spiro atoms. The molecule has 0 aliphatic carbocycles. The summed E-state index contributed by atoms with van der Waals surface area (Å²) in [5, 5.41) is 4.90. The molecular formula is C9H9BrN2. The Morgan fingerprint density at radius 1 is 1.58 bits per heavy atom. The number of rotatable bonds is 0. The second-order valence-corrected chi connectivity index (χ2v) is 3.57. The largest absolute Gasteiger partial charge is 0.268 e. The normalized spacial score (nSPS) is 15.7. The maximum Gasteiger partial charge on any atom is 0.0682 e. The summed E-state index contributed by atoms with van der Waals surface area (Å²) in [6.07, 6.45) is 0. The summed E-state index contributed by atoms with van der Waals surface area (Å²) in [5.41, 5.74) is 1.36. The number of hydrogen-bond donors (Lipinski definition) is 0. The molecule has 0 radical (unpaired) electrons. The highest BCUT2D eigenvalue weighted by atomic mass is 79.9. The lowest BCUT2D eigenvalue weighted by Crippen LogP contribution is -1.88. The third kappa shape index (κ3) is 1.05. The van der Waals surface area contributed by atoms with E-state index < -0.39 is 6.98 Å². The van der Waals surface area contributed by atoms with Gasteiger partial charge in [0.05, 0.1) is 11.2 Å². The van der Waals surface area contributed by atoms with Crippen LogP contribution < -0.4 is 0 Å². The van der Waals surface area contributed by atoms with E-state index in [1.54, 1.807) is 13.0 Å². The lowest BCUT2D eigenvalue weighted by molar-refractivity contribution is 0.783. The van der Waals surface area contributed by atoms with Crippen molar-refractivity contribution in [1.29, 1.82) is 0 Å². The summed E-state index contributed by atoms with van der Waals surface area (Å²) in [6.45, 7) is -0.419. The number of nitrogens with zero attached hydrogens (tertiary/aromatic N) is 2. The smallest absolute Gasteiger partial charge is 0.0682 e. The van der Waals surface area contributed by atoms with Crippen LogP contribution in [-0.4, -0.2) is 9.78 Å². The van der Waals surface area contributed by atoms with Gasteiger partial charge in [-0.05, 0) is 25.1 Å². The molecule has 1 aromatic carbocycles. The van der Waals surface area contributed by atoms with Crippen molar-refractivity contribution in [1.82, 2.24) is 9.78 Å². The molecule has 0 saturated carbocycles. The minimum atomic E-state index is -2.22. The van der Waals surface area contributed by atoms with Gasteiger partial charge in [0.15, 0.2) is 0 Å². The average molecular weight is 228 g/mol. The third-order valence-corrected chi connectivity index (χ3v) is 2.32. The molecule has 0 aliphatic rings. The van der Waals surface area contributed by atoms with E-state index in [0.717, 1.165) is 20.2 Å². The van der Waals surface area contributed by atoms with Crippen LogP contribution >= 0.6 is 15.9 Å². The first-order valence-corrected chi connectivity index (χ1v) is 4.34. The Hall–Kier alpha value is -0.830. The molecule has 0 saturated heterocycles. The fourth-order valence-electron chi connectivity index (χ4n) is 1.24. The highest BCUT2D eigenvalue weighted by molar-refractivity contribution is 9.10. The summed E-state index contributed by atoms with van der Waals surface area (Å²) < 4.78 is 24.0. The van der Waals surface area contributed by atoms with E-state index >= 15 is 0 Å². The topological polar surface area (TPSA) is 17.8 Å². The maximum absolute atomic E-state index is 7.34. The Morgan fingerprint density at radius 3 is 3.17 bits per heavy atom. The maximum atomic E-state index is 7.34. The first-order valence-electron chi connectivity index (χ1n) is 5.05. The van der Waals surface area contributed by atoms with Crippen molar-refractivity contribution >= 4 is 26.8 Å². The van der Waals surface area contributed by atoms with Crippen LogP contribution in [0, 0.1) is 6.92 Å². The van der Waals surface area contributed by atoms with Crippen molar-refractivity contribution in [3.8, 4) is 0 Å². The first kappa shape index (κ1) is 5.02. The second-order valence-electron chi connectivity index (χ2n) is 2.66. The quantitative estimate of drug-likeness (QED) is 0.677. The van der Waals surface area contributed by atoms with E-state index in [0.29, 0.717) is 5.52 Å². The molecule has 0 amide bonds. The van der Waals surface area contributed by atoms with Crippen LogP contribution in [0.15, 0.2) is 22.7 Å². The van der Waals surface area contributed by atoms with Gasteiger partial charge in [-0.2, -0.15) is 5.10 Å². The van der Waals surface area contributed by atoms with Gasteiger partial charge < -0.3 is 0 Å². The lowest BCUT2D eigenvalue weighted by Gasteiger charge is -1.93. The van der Waals surface area contributed by atoms with E-state index in [9.17, 15) is 0 Å². The molecule has 62 valence electrons. The number of aromatic nitrogens is 2. The molecule has 2 nitrogen and oxygen atoms in total. The molecule has 1 aromatic heterocycles. The number of halogens is 1. The SMILES string of the molecule is [2H]C([2H])([2H])n1nc(C)c2cc(Br)ccc21. The van der Waals surface area contributed by atoms with E-state index in [-0.39, 0.29) is 0 Å². The zero-order valence-corrected chi connectivity index (χ0v) is 8.09. The van der Waals surface area contributed by atoms with Crippen LogP contribution in [0.5, 0.6) is 0 Å². The number of hydrogen-bond acceptors (Lipinski definition) is 1. The highest BCUT2D eigenvalue weighted by Gasteiger charge is 2.03. The van der Waals surface area contributed by atoms with Crippen molar-refractivity contribution in [3.05, 3.63) is 28.4 Å². The van der Waals surface area contributed by atoms with Crippen LogP contribution in [0.1, 0.15) is 9.81 Å². The zero-order chi connectivity index (χ0) is 11.2. The van der Waals surface area contributed by atoms with E-state index in [1.165, 1.54) is 0 Å². The van der Waals surface area contributed by atoms with Crippen molar-refractivity contribution < 1.29 is 4.11 Å². The van der Waals surface area contributed by atoms with Crippen LogP contribution in [0.2, 0.25) is 0 Å². The Bertz CT molecular complexity index is 516. The van der Waals surface area contributed by atoms with Gasteiger partial charge in [0.25, 0.3) is 0 Å². The molecule has 0 atom stereocenters. The Labute approximate surface area is 83.5 Å². The molecule has 0 aliphatic heterocycles. The van der Waals surface area contributed by atoms with Gasteiger partial charge in [0.2, 0.25) is 0 Å². The van der Waals surface area contributed by atoms with E-state index in [1.807, 2.05) is 12.1 Å². The van der Waals surface area contributed by atoms with Gasteiger partial charge in [0, 0.05) is 20.9 Å². The second kappa shape index (κ2) is 2.59. The van der Waals surface area contributed by atoms with Gasteiger partial charge in [-0.25, -0.2) is 0 Å². The summed E-state index contributed by atoms with van der Waals surface area (Å²) in [6, 6.07) is 5.44. The Balaban J connectivity index is 2.79. The van der Waals surface area contributed by atoms with Crippen LogP contribution in [0.25, 0.3) is 10.9 Å². The molecule has 0 fully saturated rings. The highest BCUT2D eigenvalue weighted by Crippen LogP contribution is 2.21. The van der Waals surface area contributed by atoms with Crippen molar-refractivity contribution in [2.45, 2.75) is 6.92 Å². The van der Waals surface area contributed by atoms with Crippen molar-refractivity contribution in [2.75, 3.05) is 0 Å². The fraction of sp³-hybridized carbons (Fsp3) is 0.222. The molecule has 0 N–H and O–H groups in total. The molecule has 0 unspecified atom stereocenters. The predicted octanol–water partition coefficient (Wildman–Crippen LogP) is 2.64. The first-order chi connectivity index (χ1) is 6.89. The fourth-order valence-corrected chi connectivity index (χ4v) is 1.60. The number of aryl methyl sites for hydroxylation is 2. The van der Waals surface area contributed by atoms with Gasteiger partial charge in [-0.3, -0.25) is 4.68 Å². The average Bonchev–Trinajstić information content (AvgIpc) is 2.43. The molecule has 2 aromatic rings. The van der Waals surface area contributed by atoms with E-state index in [4.69, 9.17) is 4.11 Å². The standard InChI is InChI=1S/C9H9BrN2/c1-6-8-5-7(10)3-4-9(8)12(2)11-6/h3-5H,1-2H3/i2D3. The molecule has 12 heavy (non-hydrogen) atoms. The summed E-state index contributed by atoms with van der Waals surface area (Å²) in [5.74, 6) is 0. The third-order valence-electron chi connectivity index (χ3n) is 1.83. The van der Waals surface area contributed by atoms with Crippen LogP contribution in [0.3, 0.4) is 0 Å². The Morgan fingerprint density at radius 2 is 2.42 bits per heavy atom. The molecular weight excluding hydrogens is 216 g/mol. The van der Waals surface area contributed by atoms with Gasteiger partial charge in [0.1, 0.15) is 0 Å². The van der Waals surface area contributed by atoms with Crippen molar-refractivity contribution in [2.24, 2.45) is 6.98 Å². The monoisotopic (exact) mass is 227 g/mol. The molecule has 2 rings (SSSR count). The lowest BCUT2D eigenvalue weighted by atomic mass is 10.2. The minimum Gasteiger partial charge on any atom is -0.268 e. The van der Waals surface area contributed by atoms with Crippen molar-refractivity contribution in [3.63, 3.8) is 0 Å². The summed E-state index contributed by atoms with van der Waals surface area (Å²) in [4.78, 5) is 0. The zero-order valence-electron chi connectivity index (χ0n) is 9.50. The molecule has 0 bridgehead atoms. The minimum absolute atomic E-state index is 0.635. The molecule has 1 heterocycles. The van der Waals surface area contributed by atoms with Gasteiger partial charge in [-0.1, -0.05) is 15.9 Å². The molecule has 3 heteroatoms. The van der Waals surface area contributed by atoms with Crippen LogP contribution in [-0.2, 0) is 6.98 Å². The Kier molecular flexibility index (Phi) is 1.08. The van der Waals surface area contributed by atoms with Crippen LogP contribution in [0.4, 0.5) is 0 Å². The number of fused-ring (bicyclic) bond motifs is 1. The predicted molar refractivity (Wildman–Crippen MR) is 53.2 cm³/mol. The summed E-state index contributed by atoms with van der Waals surface area (Å²) in [7, 11) is 0. The summed E-state index contributed by atoms with van der Waals surface area (Å²) >= 11 is 3.35. The van der Waals surface area contributed by atoms with Gasteiger partial charge >= 0.3 is 0 Å². The number of benzene rings is 1. The van der Waals surface area contributed by atoms with Gasteiger partial charge in [-0.15, -0.1) is 0 Å². The van der Waals surface area contributed by atoms with E-state index in [2.05, 4.69) is 21.0 Å².